The third-order valence-electron chi connectivity index (χ3n) is 3.94. The largest absolute Gasteiger partial charge is 0.491 e. The van der Waals surface area contributed by atoms with E-state index in [1.54, 1.807) is 0 Å². The third-order valence-corrected chi connectivity index (χ3v) is 3.94. The molecule has 0 radical (unpaired) electrons. The van der Waals surface area contributed by atoms with Crippen LogP contribution in [0.1, 0.15) is 59.1 Å². The number of hydrogen-bond donors (Lipinski definition) is 1. The summed E-state index contributed by atoms with van der Waals surface area (Å²) in [5, 5.41) is 3.74. The van der Waals surface area contributed by atoms with Crippen LogP contribution in [0.15, 0.2) is 24.3 Å². The van der Waals surface area contributed by atoms with Crippen LogP contribution in [0.4, 0.5) is 0 Å². The Morgan fingerprint density at radius 2 is 1.62 bits per heavy atom. The molecule has 3 unspecified atom stereocenters. The minimum absolute atomic E-state index is 0.219. The van der Waals surface area contributed by atoms with Gasteiger partial charge in [0.15, 0.2) is 0 Å². The van der Waals surface area contributed by atoms with Gasteiger partial charge in [-0.3, -0.25) is 0 Å². The molecule has 3 atom stereocenters. The van der Waals surface area contributed by atoms with Crippen molar-refractivity contribution in [3.05, 3.63) is 29.8 Å². The van der Waals surface area contributed by atoms with Crippen molar-refractivity contribution in [2.24, 2.45) is 0 Å². The zero-order chi connectivity index (χ0) is 15.4. The van der Waals surface area contributed by atoms with Gasteiger partial charge >= 0.3 is 0 Å². The van der Waals surface area contributed by atoms with Crippen LogP contribution in [0.2, 0.25) is 0 Å². The van der Waals surface area contributed by atoms with Gasteiger partial charge in [0.2, 0.25) is 0 Å². The quantitative estimate of drug-likeness (QED) is 0.886. The molecule has 0 amide bonds. The first-order valence-corrected chi connectivity index (χ1v) is 8.12. The molecule has 1 saturated heterocycles. The molecule has 1 aromatic rings. The maximum Gasteiger partial charge on any atom is 0.119 e. The predicted octanol–water partition coefficient (Wildman–Crippen LogP) is 4.08. The Morgan fingerprint density at radius 3 is 2.14 bits per heavy atom. The first-order chi connectivity index (χ1) is 9.94. The highest BCUT2D eigenvalue weighted by atomic mass is 16.5. The summed E-state index contributed by atoms with van der Waals surface area (Å²) in [5.41, 5.74) is 1.30. The minimum Gasteiger partial charge on any atom is -0.491 e. The zero-order valence-corrected chi connectivity index (χ0v) is 13.9. The molecule has 118 valence electrons. The molecule has 0 aliphatic carbocycles. The molecule has 1 aromatic carbocycles. The van der Waals surface area contributed by atoms with Gasteiger partial charge in [0, 0.05) is 12.1 Å². The maximum atomic E-state index is 5.80. The van der Waals surface area contributed by atoms with E-state index in [0.29, 0.717) is 24.3 Å². The Balaban J connectivity index is 1.92. The molecular formula is C18H29NO2. The lowest BCUT2D eigenvalue weighted by Crippen LogP contribution is -2.42. The highest BCUT2D eigenvalue weighted by molar-refractivity contribution is 5.29. The molecule has 3 heteroatoms. The molecule has 1 aliphatic rings. The van der Waals surface area contributed by atoms with Crippen molar-refractivity contribution in [3.63, 3.8) is 0 Å². The van der Waals surface area contributed by atoms with Gasteiger partial charge in [0.1, 0.15) is 5.75 Å². The van der Waals surface area contributed by atoms with E-state index in [-0.39, 0.29) is 6.10 Å². The van der Waals surface area contributed by atoms with E-state index >= 15 is 0 Å². The Morgan fingerprint density at radius 1 is 1.05 bits per heavy atom. The fraction of sp³-hybridized carbons (Fsp3) is 0.667. The number of hydrogen-bond acceptors (Lipinski definition) is 3. The van der Waals surface area contributed by atoms with Crippen LogP contribution in [-0.4, -0.2) is 24.4 Å². The van der Waals surface area contributed by atoms with Gasteiger partial charge < -0.3 is 14.8 Å². The van der Waals surface area contributed by atoms with E-state index in [1.165, 1.54) is 5.56 Å². The topological polar surface area (TPSA) is 30.5 Å². The Kier molecular flexibility index (Phi) is 5.65. The highest BCUT2D eigenvalue weighted by Crippen LogP contribution is 2.23. The van der Waals surface area contributed by atoms with Gasteiger partial charge in [-0.25, -0.2) is 0 Å². The van der Waals surface area contributed by atoms with Gasteiger partial charge in [0.25, 0.3) is 0 Å². The molecule has 21 heavy (non-hydrogen) atoms. The van der Waals surface area contributed by atoms with E-state index < -0.39 is 0 Å². The number of nitrogens with one attached hydrogen (secondary N) is 1. The SMILES string of the molecule is CC(C)Oc1ccc(C(C)NC2CC(C)OC(C)C2)cc1. The average Bonchev–Trinajstić information content (AvgIpc) is 2.37. The molecule has 1 heterocycles. The van der Waals surface area contributed by atoms with Crippen LogP contribution in [0.5, 0.6) is 5.75 Å². The smallest absolute Gasteiger partial charge is 0.119 e. The fourth-order valence-corrected chi connectivity index (χ4v) is 3.10. The van der Waals surface area contributed by atoms with Crippen LogP contribution < -0.4 is 10.1 Å². The van der Waals surface area contributed by atoms with Crippen molar-refractivity contribution in [1.29, 1.82) is 0 Å². The molecule has 2 rings (SSSR count). The Hall–Kier alpha value is -1.06. The lowest BCUT2D eigenvalue weighted by molar-refractivity contribution is -0.0433. The first kappa shape index (κ1) is 16.3. The summed E-state index contributed by atoms with van der Waals surface area (Å²) >= 11 is 0. The standard InChI is InChI=1S/C18H29NO2/c1-12(2)20-18-8-6-16(7-9-18)15(5)19-17-10-13(3)21-14(4)11-17/h6-9,12-15,17,19H,10-11H2,1-5H3. The monoisotopic (exact) mass is 291 g/mol. The van der Waals surface area contributed by atoms with Gasteiger partial charge in [-0.1, -0.05) is 12.1 Å². The summed E-state index contributed by atoms with van der Waals surface area (Å²) in [7, 11) is 0. The van der Waals surface area contributed by atoms with Gasteiger partial charge in [-0.05, 0) is 65.2 Å². The average molecular weight is 291 g/mol. The summed E-state index contributed by atoms with van der Waals surface area (Å²) in [4.78, 5) is 0. The molecule has 3 nitrogen and oxygen atoms in total. The summed E-state index contributed by atoms with van der Waals surface area (Å²) in [6, 6.07) is 9.31. The van der Waals surface area contributed by atoms with Crippen LogP contribution in [0.25, 0.3) is 0 Å². The van der Waals surface area contributed by atoms with Crippen LogP contribution in [-0.2, 0) is 4.74 Å². The maximum absolute atomic E-state index is 5.80. The minimum atomic E-state index is 0.219. The number of ether oxygens (including phenoxy) is 2. The van der Waals surface area contributed by atoms with Crippen molar-refractivity contribution in [1.82, 2.24) is 5.32 Å². The second-order valence-corrected chi connectivity index (χ2v) is 6.55. The number of rotatable bonds is 5. The summed E-state index contributed by atoms with van der Waals surface area (Å²) in [5.74, 6) is 0.939. The predicted molar refractivity (Wildman–Crippen MR) is 86.8 cm³/mol. The normalized spacial score (nSPS) is 27.6. The Bertz CT molecular complexity index is 419. The molecule has 1 fully saturated rings. The first-order valence-electron chi connectivity index (χ1n) is 8.12. The van der Waals surface area contributed by atoms with Crippen molar-refractivity contribution in [2.45, 2.75) is 77.9 Å². The van der Waals surface area contributed by atoms with E-state index in [1.807, 2.05) is 13.8 Å². The lowest BCUT2D eigenvalue weighted by atomic mass is 9.98. The summed E-state index contributed by atoms with van der Waals surface area (Å²) in [6.45, 7) is 10.6. The molecule has 1 aliphatic heterocycles. The van der Waals surface area contributed by atoms with Crippen molar-refractivity contribution >= 4 is 0 Å². The second-order valence-electron chi connectivity index (χ2n) is 6.55. The van der Waals surface area contributed by atoms with E-state index in [0.717, 1.165) is 18.6 Å². The van der Waals surface area contributed by atoms with Crippen LogP contribution >= 0.6 is 0 Å². The third kappa shape index (κ3) is 5.01. The van der Waals surface area contributed by atoms with Crippen molar-refractivity contribution < 1.29 is 9.47 Å². The molecule has 1 N–H and O–H groups in total. The van der Waals surface area contributed by atoms with Gasteiger partial charge in [0.05, 0.1) is 18.3 Å². The molecule has 0 aromatic heterocycles. The molecule has 0 bridgehead atoms. The van der Waals surface area contributed by atoms with Crippen LogP contribution in [0.3, 0.4) is 0 Å². The zero-order valence-electron chi connectivity index (χ0n) is 13.9. The second kappa shape index (κ2) is 7.28. The Labute approximate surface area is 129 Å². The fourth-order valence-electron chi connectivity index (χ4n) is 3.10. The summed E-state index contributed by atoms with van der Waals surface area (Å²) in [6.07, 6.45) is 3.09. The van der Waals surface area contributed by atoms with Gasteiger partial charge in [-0.2, -0.15) is 0 Å². The van der Waals surface area contributed by atoms with E-state index in [4.69, 9.17) is 9.47 Å². The molecule has 0 saturated carbocycles. The molecular weight excluding hydrogens is 262 g/mol. The van der Waals surface area contributed by atoms with Crippen molar-refractivity contribution in [3.8, 4) is 5.75 Å². The van der Waals surface area contributed by atoms with Crippen molar-refractivity contribution in [2.75, 3.05) is 0 Å². The van der Waals surface area contributed by atoms with Crippen LogP contribution in [0, 0.1) is 0 Å². The van der Waals surface area contributed by atoms with E-state index in [9.17, 15) is 0 Å². The van der Waals surface area contributed by atoms with E-state index in [2.05, 4.69) is 50.4 Å². The lowest BCUT2D eigenvalue weighted by Gasteiger charge is -2.34. The van der Waals surface area contributed by atoms with Gasteiger partial charge in [-0.15, -0.1) is 0 Å². The number of benzene rings is 1. The summed E-state index contributed by atoms with van der Waals surface area (Å²) < 4.78 is 11.5. The molecule has 0 spiro atoms. The highest BCUT2D eigenvalue weighted by Gasteiger charge is 2.25.